The van der Waals surface area contributed by atoms with Gasteiger partial charge in [-0.2, -0.15) is 0 Å². The first-order chi connectivity index (χ1) is 9.46. The molecule has 1 fully saturated rings. The lowest BCUT2D eigenvalue weighted by atomic mass is 9.91. The van der Waals surface area contributed by atoms with Crippen LogP contribution >= 0.6 is 0 Å². The van der Waals surface area contributed by atoms with Crippen molar-refractivity contribution in [2.24, 2.45) is 5.73 Å². The molecule has 2 unspecified atom stereocenters. The van der Waals surface area contributed by atoms with Crippen molar-refractivity contribution in [2.45, 2.75) is 70.2 Å². The molecule has 1 aliphatic carbocycles. The van der Waals surface area contributed by atoms with Crippen molar-refractivity contribution in [3.05, 3.63) is 33.7 Å². The van der Waals surface area contributed by atoms with E-state index >= 15 is 0 Å². The van der Waals surface area contributed by atoms with Crippen LogP contribution in [-0.2, 0) is 17.7 Å². The van der Waals surface area contributed by atoms with Crippen LogP contribution in [0.2, 0.25) is 0 Å². The van der Waals surface area contributed by atoms with Gasteiger partial charge in [-0.05, 0) is 51.5 Å². The fourth-order valence-corrected chi connectivity index (χ4v) is 3.51. The van der Waals surface area contributed by atoms with Crippen LogP contribution in [0.25, 0.3) is 0 Å². The summed E-state index contributed by atoms with van der Waals surface area (Å²) in [6, 6.07) is 3.65. The SMILES string of the molecule is CC1(C)CCC(Cn2c3c(ccc2=O)C(N)CCC3)O1. The second-order valence-electron chi connectivity index (χ2n) is 6.72. The molecule has 1 saturated heterocycles. The van der Waals surface area contributed by atoms with Crippen molar-refractivity contribution in [1.29, 1.82) is 0 Å². The highest BCUT2D eigenvalue weighted by molar-refractivity contribution is 5.27. The Morgan fingerprint density at radius 2 is 2.20 bits per heavy atom. The van der Waals surface area contributed by atoms with E-state index in [0.29, 0.717) is 6.54 Å². The Bertz CT molecular complexity index is 562. The minimum atomic E-state index is -0.0560. The molecule has 0 bridgehead atoms. The summed E-state index contributed by atoms with van der Waals surface area (Å²) in [7, 11) is 0. The predicted octanol–water partition coefficient (Wildman–Crippen LogP) is 2.14. The van der Waals surface area contributed by atoms with Crippen LogP contribution in [0.5, 0.6) is 0 Å². The molecule has 0 saturated carbocycles. The fraction of sp³-hybridized carbons (Fsp3) is 0.688. The molecule has 2 aliphatic rings. The molecule has 20 heavy (non-hydrogen) atoms. The van der Waals surface area contributed by atoms with Crippen LogP contribution in [0, 0.1) is 0 Å². The first kappa shape index (κ1) is 13.8. The molecule has 0 amide bonds. The number of ether oxygens (including phenoxy) is 1. The second kappa shape index (κ2) is 5.01. The molecule has 1 aliphatic heterocycles. The number of rotatable bonds is 2. The standard InChI is InChI=1S/C16H24N2O2/c1-16(2)9-8-11(20-16)10-18-14-5-3-4-13(17)12(14)6-7-15(18)19/h6-7,11,13H,3-5,8-10,17H2,1-2H3. The first-order valence-corrected chi connectivity index (χ1v) is 7.62. The number of pyridine rings is 1. The Labute approximate surface area is 119 Å². The zero-order valence-electron chi connectivity index (χ0n) is 12.4. The van der Waals surface area contributed by atoms with Gasteiger partial charge in [0.15, 0.2) is 0 Å². The Morgan fingerprint density at radius 1 is 1.40 bits per heavy atom. The van der Waals surface area contributed by atoms with Gasteiger partial charge >= 0.3 is 0 Å². The summed E-state index contributed by atoms with van der Waals surface area (Å²) < 4.78 is 7.94. The lowest BCUT2D eigenvalue weighted by Crippen LogP contribution is -2.33. The molecule has 4 heteroatoms. The summed E-state index contributed by atoms with van der Waals surface area (Å²) in [5.74, 6) is 0. The number of nitrogens with zero attached hydrogens (tertiary/aromatic N) is 1. The molecule has 0 spiro atoms. The zero-order chi connectivity index (χ0) is 14.3. The van der Waals surface area contributed by atoms with Gasteiger partial charge in [0, 0.05) is 17.8 Å². The van der Waals surface area contributed by atoms with Crippen molar-refractivity contribution in [3.8, 4) is 0 Å². The molecular formula is C16H24N2O2. The van der Waals surface area contributed by atoms with Crippen LogP contribution < -0.4 is 11.3 Å². The van der Waals surface area contributed by atoms with Crippen molar-refractivity contribution in [1.82, 2.24) is 4.57 Å². The van der Waals surface area contributed by atoms with Gasteiger partial charge < -0.3 is 15.0 Å². The fourth-order valence-electron chi connectivity index (χ4n) is 3.51. The molecule has 0 radical (unpaired) electrons. The van der Waals surface area contributed by atoms with E-state index in [1.165, 1.54) is 0 Å². The zero-order valence-corrected chi connectivity index (χ0v) is 12.4. The molecule has 1 aromatic rings. The van der Waals surface area contributed by atoms with Gasteiger partial charge in [0.1, 0.15) is 0 Å². The third kappa shape index (κ3) is 2.54. The quantitative estimate of drug-likeness (QED) is 0.900. The maximum Gasteiger partial charge on any atom is 0.250 e. The molecule has 2 atom stereocenters. The summed E-state index contributed by atoms with van der Waals surface area (Å²) in [4.78, 5) is 12.2. The van der Waals surface area contributed by atoms with E-state index in [9.17, 15) is 4.79 Å². The summed E-state index contributed by atoms with van der Waals surface area (Å²) in [5, 5.41) is 0. The molecule has 3 rings (SSSR count). The smallest absolute Gasteiger partial charge is 0.250 e. The minimum absolute atomic E-state index is 0.0560. The maximum atomic E-state index is 12.2. The normalized spacial score (nSPS) is 28.4. The number of hydrogen-bond donors (Lipinski definition) is 1. The number of fused-ring (bicyclic) bond motifs is 1. The van der Waals surface area contributed by atoms with Crippen molar-refractivity contribution >= 4 is 0 Å². The Balaban J connectivity index is 1.90. The molecular weight excluding hydrogens is 252 g/mol. The molecule has 1 aromatic heterocycles. The highest BCUT2D eigenvalue weighted by Gasteiger charge is 2.32. The van der Waals surface area contributed by atoms with Crippen LogP contribution in [0.3, 0.4) is 0 Å². The predicted molar refractivity (Wildman–Crippen MR) is 78.8 cm³/mol. The van der Waals surface area contributed by atoms with E-state index in [-0.39, 0.29) is 23.3 Å². The highest BCUT2D eigenvalue weighted by atomic mass is 16.5. The summed E-state index contributed by atoms with van der Waals surface area (Å²) in [5.41, 5.74) is 8.46. The molecule has 2 heterocycles. The first-order valence-electron chi connectivity index (χ1n) is 7.62. The van der Waals surface area contributed by atoms with E-state index in [2.05, 4.69) is 13.8 Å². The van der Waals surface area contributed by atoms with Gasteiger partial charge in [-0.15, -0.1) is 0 Å². The summed E-state index contributed by atoms with van der Waals surface area (Å²) in [6.07, 6.45) is 5.25. The van der Waals surface area contributed by atoms with Crippen LogP contribution in [0.1, 0.15) is 56.8 Å². The van der Waals surface area contributed by atoms with E-state index in [1.807, 2.05) is 10.6 Å². The Hall–Kier alpha value is -1.13. The molecule has 2 N–H and O–H groups in total. The lowest BCUT2D eigenvalue weighted by Gasteiger charge is -2.27. The van der Waals surface area contributed by atoms with Crippen molar-refractivity contribution < 1.29 is 4.74 Å². The Morgan fingerprint density at radius 3 is 2.90 bits per heavy atom. The van der Waals surface area contributed by atoms with Gasteiger partial charge in [0.2, 0.25) is 0 Å². The van der Waals surface area contributed by atoms with E-state index in [1.54, 1.807) is 6.07 Å². The number of nitrogens with two attached hydrogens (primary N) is 1. The topological polar surface area (TPSA) is 57.2 Å². The van der Waals surface area contributed by atoms with Crippen molar-refractivity contribution in [2.75, 3.05) is 0 Å². The van der Waals surface area contributed by atoms with Gasteiger partial charge in [0.25, 0.3) is 5.56 Å². The van der Waals surface area contributed by atoms with Crippen molar-refractivity contribution in [3.63, 3.8) is 0 Å². The summed E-state index contributed by atoms with van der Waals surface area (Å²) >= 11 is 0. The highest BCUT2D eigenvalue weighted by Crippen LogP contribution is 2.31. The van der Waals surface area contributed by atoms with Gasteiger partial charge in [0.05, 0.1) is 18.2 Å². The summed E-state index contributed by atoms with van der Waals surface area (Å²) in [6.45, 7) is 4.90. The van der Waals surface area contributed by atoms with Crippen LogP contribution in [0.4, 0.5) is 0 Å². The second-order valence-corrected chi connectivity index (χ2v) is 6.72. The Kier molecular flexibility index (Phi) is 3.46. The van der Waals surface area contributed by atoms with Crippen LogP contribution in [-0.4, -0.2) is 16.3 Å². The van der Waals surface area contributed by atoms with Gasteiger partial charge in [-0.25, -0.2) is 0 Å². The third-order valence-electron chi connectivity index (χ3n) is 4.60. The van der Waals surface area contributed by atoms with E-state index < -0.39 is 0 Å². The van der Waals surface area contributed by atoms with Gasteiger partial charge in [-0.3, -0.25) is 4.79 Å². The average Bonchev–Trinajstić information content (AvgIpc) is 2.73. The molecule has 4 nitrogen and oxygen atoms in total. The largest absolute Gasteiger partial charge is 0.370 e. The number of hydrogen-bond acceptors (Lipinski definition) is 3. The van der Waals surface area contributed by atoms with E-state index in [4.69, 9.17) is 10.5 Å². The lowest BCUT2D eigenvalue weighted by molar-refractivity contribution is -0.0224. The monoisotopic (exact) mass is 276 g/mol. The number of aromatic nitrogens is 1. The van der Waals surface area contributed by atoms with Crippen LogP contribution in [0.15, 0.2) is 16.9 Å². The van der Waals surface area contributed by atoms with E-state index in [0.717, 1.165) is 43.4 Å². The average molecular weight is 276 g/mol. The van der Waals surface area contributed by atoms with Gasteiger partial charge in [-0.1, -0.05) is 6.07 Å². The minimum Gasteiger partial charge on any atom is -0.370 e. The third-order valence-corrected chi connectivity index (χ3v) is 4.60. The molecule has 0 aromatic carbocycles. The maximum absolute atomic E-state index is 12.2. The molecule has 110 valence electrons.